The molecular weight excluding hydrogens is 309 g/mol. The molecule has 0 aliphatic heterocycles. The predicted molar refractivity (Wildman–Crippen MR) is 111 cm³/mol. The van der Waals surface area contributed by atoms with Crippen LogP contribution in [0.4, 0.5) is 0 Å². The maximum atomic E-state index is 6.81. The van der Waals surface area contributed by atoms with E-state index in [4.69, 9.17) is 3.79 Å². The lowest BCUT2D eigenvalue weighted by Crippen LogP contribution is -2.48. The Morgan fingerprint density at radius 1 is 0.708 bits per heavy atom. The van der Waals surface area contributed by atoms with Gasteiger partial charge in [0.05, 0.1) is 6.23 Å². The quantitative estimate of drug-likeness (QED) is 0.168. The maximum Gasteiger partial charge on any atom is 0.461 e. The Labute approximate surface area is 158 Å². The van der Waals surface area contributed by atoms with Crippen molar-refractivity contribution in [3.8, 4) is 0 Å². The summed E-state index contributed by atoms with van der Waals surface area (Å²) in [7, 11) is 0. The van der Waals surface area contributed by atoms with Crippen molar-refractivity contribution in [1.82, 2.24) is 4.90 Å². The van der Waals surface area contributed by atoms with Gasteiger partial charge in [-0.3, -0.25) is 4.90 Å². The van der Waals surface area contributed by atoms with E-state index in [-0.39, 0.29) is 0 Å². The first-order chi connectivity index (χ1) is 11.5. The van der Waals surface area contributed by atoms with Crippen molar-refractivity contribution in [2.45, 2.75) is 135 Å². The van der Waals surface area contributed by atoms with Gasteiger partial charge in [-0.2, -0.15) is 0 Å². The molecule has 0 aromatic rings. The zero-order chi connectivity index (χ0) is 18.4. The normalized spacial score (nSPS) is 13.2. The molecule has 0 aliphatic carbocycles. The molecule has 0 N–H and O–H groups in total. The zero-order valence-corrected chi connectivity index (χ0v) is 19.1. The highest BCUT2D eigenvalue weighted by Gasteiger charge is 2.29. The third kappa shape index (κ3) is 11.1. The van der Waals surface area contributed by atoms with Crippen molar-refractivity contribution in [3.63, 3.8) is 0 Å². The van der Waals surface area contributed by atoms with Gasteiger partial charge >= 0.3 is 14.5 Å². The topological polar surface area (TPSA) is 12.5 Å². The van der Waals surface area contributed by atoms with Gasteiger partial charge < -0.3 is 3.79 Å². The molecular formula is C21H46AlNO. The van der Waals surface area contributed by atoms with Crippen LogP contribution in [0.15, 0.2) is 0 Å². The smallest absolute Gasteiger partial charge is 0.461 e. The third-order valence-corrected chi connectivity index (χ3v) is 7.79. The molecule has 0 saturated carbocycles. The highest BCUT2D eigenvalue weighted by atomic mass is 27.2. The van der Waals surface area contributed by atoms with Gasteiger partial charge in [0.1, 0.15) is 0 Å². The van der Waals surface area contributed by atoms with E-state index in [0.29, 0.717) is 18.3 Å². The summed E-state index contributed by atoms with van der Waals surface area (Å²) in [5.41, 5.74) is 0. The molecule has 0 saturated heterocycles. The van der Waals surface area contributed by atoms with Crippen LogP contribution in [0, 0.1) is 0 Å². The molecule has 2 nitrogen and oxygen atoms in total. The Morgan fingerprint density at radius 3 is 1.50 bits per heavy atom. The van der Waals surface area contributed by atoms with E-state index in [1.807, 2.05) is 0 Å². The highest BCUT2D eigenvalue weighted by Crippen LogP contribution is 2.21. The van der Waals surface area contributed by atoms with Crippen molar-refractivity contribution in [2.24, 2.45) is 0 Å². The molecule has 0 heterocycles. The van der Waals surface area contributed by atoms with E-state index < -0.39 is 14.5 Å². The van der Waals surface area contributed by atoms with E-state index in [0.717, 1.165) is 6.42 Å². The van der Waals surface area contributed by atoms with Gasteiger partial charge in [-0.25, -0.2) is 0 Å². The summed E-state index contributed by atoms with van der Waals surface area (Å²) in [6.45, 7) is 16.1. The zero-order valence-electron chi connectivity index (χ0n) is 17.9. The second-order valence-electron chi connectivity index (χ2n) is 7.95. The van der Waals surface area contributed by atoms with Crippen LogP contribution in [0.2, 0.25) is 10.6 Å². The predicted octanol–water partition coefficient (Wildman–Crippen LogP) is 7.01. The maximum absolute atomic E-state index is 6.81. The van der Waals surface area contributed by atoms with Crippen LogP contribution in [-0.4, -0.2) is 37.7 Å². The average Bonchev–Trinajstić information content (AvgIpc) is 2.53. The number of hydrogen-bond donors (Lipinski definition) is 0. The van der Waals surface area contributed by atoms with E-state index in [2.05, 4.69) is 53.4 Å². The fraction of sp³-hybridized carbons (Fsp3) is 1.00. The first-order valence-electron chi connectivity index (χ1n) is 10.9. The summed E-state index contributed by atoms with van der Waals surface area (Å²) in [5.74, 6) is 0. The minimum absolute atomic E-state index is 0.332. The molecule has 0 bridgehead atoms. The van der Waals surface area contributed by atoms with Gasteiger partial charge in [-0.05, 0) is 34.1 Å². The first kappa shape index (κ1) is 24.5. The molecule has 0 amide bonds. The van der Waals surface area contributed by atoms with Gasteiger partial charge in [0, 0.05) is 12.1 Å². The Morgan fingerprint density at radius 2 is 1.17 bits per heavy atom. The fourth-order valence-corrected chi connectivity index (χ4v) is 6.56. The summed E-state index contributed by atoms with van der Waals surface area (Å²) in [5, 5.41) is 2.76. The van der Waals surface area contributed by atoms with Crippen molar-refractivity contribution >= 4 is 14.5 Å². The van der Waals surface area contributed by atoms with Crippen LogP contribution in [0.25, 0.3) is 0 Å². The fourth-order valence-electron chi connectivity index (χ4n) is 3.74. The monoisotopic (exact) mass is 355 g/mol. The molecule has 0 rings (SSSR count). The van der Waals surface area contributed by atoms with Crippen LogP contribution >= 0.6 is 0 Å². The van der Waals surface area contributed by atoms with Gasteiger partial charge in [0.15, 0.2) is 0 Å². The standard InChI is InChI=1S/C9H20NO.2C6H13.Al/c1-6-9(11)10(7(2)3)8(4)5;2*1-3-5-6-4-2;/h7-9H,6H2,1-5H3;2*1,3-6H2,2H3;/q-1;;;+1. The largest absolute Gasteiger partial charge is 0.487 e. The van der Waals surface area contributed by atoms with Gasteiger partial charge in [-0.1, -0.05) is 82.7 Å². The van der Waals surface area contributed by atoms with Crippen molar-refractivity contribution in [1.29, 1.82) is 0 Å². The molecule has 0 radical (unpaired) electrons. The third-order valence-electron chi connectivity index (χ3n) is 4.98. The number of nitrogens with zero attached hydrogens (tertiary/aromatic N) is 1. The minimum atomic E-state index is -1.07. The number of hydrogen-bond acceptors (Lipinski definition) is 2. The van der Waals surface area contributed by atoms with Crippen LogP contribution in [-0.2, 0) is 3.79 Å². The summed E-state index contributed by atoms with van der Waals surface area (Å²) in [6, 6.07) is 1.12. The summed E-state index contributed by atoms with van der Waals surface area (Å²) in [6.07, 6.45) is 12.4. The van der Waals surface area contributed by atoms with Crippen LogP contribution in [0.1, 0.15) is 106 Å². The molecule has 1 atom stereocenters. The van der Waals surface area contributed by atoms with Gasteiger partial charge in [0.2, 0.25) is 0 Å². The molecule has 1 unspecified atom stereocenters. The van der Waals surface area contributed by atoms with Crippen molar-refractivity contribution in [3.05, 3.63) is 0 Å². The molecule has 24 heavy (non-hydrogen) atoms. The van der Waals surface area contributed by atoms with E-state index in [1.54, 1.807) is 0 Å². The second-order valence-corrected chi connectivity index (χ2v) is 10.6. The van der Waals surface area contributed by atoms with Crippen molar-refractivity contribution < 1.29 is 3.79 Å². The van der Waals surface area contributed by atoms with Crippen LogP contribution in [0.3, 0.4) is 0 Å². The molecule has 0 spiro atoms. The SMILES string of the molecule is CCCCC[CH2][Al]([CH2]CCCCC)[O]C(CC)N(C(C)C)C(C)C. The molecule has 3 heteroatoms. The van der Waals surface area contributed by atoms with E-state index >= 15 is 0 Å². The summed E-state index contributed by atoms with van der Waals surface area (Å²) in [4.78, 5) is 2.58. The summed E-state index contributed by atoms with van der Waals surface area (Å²) < 4.78 is 6.81. The first-order valence-corrected chi connectivity index (χ1v) is 13.0. The lowest BCUT2D eigenvalue weighted by atomic mass is 10.2. The molecule has 0 aromatic carbocycles. The lowest BCUT2D eigenvalue weighted by Gasteiger charge is -2.39. The Hall–Kier alpha value is 0.452. The minimum Gasteiger partial charge on any atom is -0.487 e. The molecule has 0 fully saturated rings. The number of rotatable bonds is 16. The second kappa shape index (κ2) is 15.7. The Balaban J connectivity index is 4.63. The van der Waals surface area contributed by atoms with Crippen LogP contribution in [0.5, 0.6) is 0 Å². The summed E-state index contributed by atoms with van der Waals surface area (Å²) >= 11 is -1.07. The molecule has 0 aromatic heterocycles. The van der Waals surface area contributed by atoms with Gasteiger partial charge in [0.25, 0.3) is 0 Å². The Bertz CT molecular complexity index is 251. The van der Waals surface area contributed by atoms with Crippen molar-refractivity contribution in [2.75, 3.05) is 0 Å². The van der Waals surface area contributed by atoms with E-state index in [1.165, 1.54) is 61.9 Å². The molecule has 144 valence electrons. The average molecular weight is 356 g/mol. The van der Waals surface area contributed by atoms with E-state index in [9.17, 15) is 0 Å². The van der Waals surface area contributed by atoms with Gasteiger partial charge in [-0.15, -0.1) is 0 Å². The Kier molecular flexibility index (Phi) is 16.0. The number of unbranched alkanes of at least 4 members (excludes halogenated alkanes) is 6. The lowest BCUT2D eigenvalue weighted by molar-refractivity contribution is -0.0235. The highest BCUT2D eigenvalue weighted by molar-refractivity contribution is 6.51. The molecule has 0 aliphatic rings. The van der Waals surface area contributed by atoms with Crippen LogP contribution < -0.4 is 0 Å².